The molecule has 0 aliphatic carbocycles. The summed E-state index contributed by atoms with van der Waals surface area (Å²) in [5.74, 6) is -2.34. The largest absolute Gasteiger partial charge is 0.478 e. The first-order chi connectivity index (χ1) is 16.2. The molecule has 0 bridgehead atoms. The highest BCUT2D eigenvalue weighted by Crippen LogP contribution is 2.35. The van der Waals surface area contributed by atoms with Crippen molar-refractivity contribution in [3.05, 3.63) is 89.4 Å². The number of fused-ring (bicyclic) bond motifs is 1. The second kappa shape index (κ2) is 8.90. The fourth-order valence-corrected chi connectivity index (χ4v) is 4.13. The normalized spacial score (nSPS) is 12.9. The van der Waals surface area contributed by atoms with Gasteiger partial charge in [-0.25, -0.2) is 9.18 Å². The molecule has 0 saturated carbocycles. The third-order valence-electron chi connectivity index (χ3n) is 5.74. The highest BCUT2D eigenvalue weighted by Gasteiger charge is 2.21. The number of benzene rings is 1. The number of nitrogens with zero attached hydrogens (tertiary/aromatic N) is 3. The Morgan fingerprint density at radius 1 is 1.12 bits per heavy atom. The fourth-order valence-electron chi connectivity index (χ4n) is 4.13. The minimum atomic E-state index is -1.35. The SMILES string of the molecule is CC(=O)/C(=C(/C)N)c1cnc2c(-c3ccc(F)c(C(=O)O)c3)cn([C@@H](C)c3ccccn3)c2c1. The summed E-state index contributed by atoms with van der Waals surface area (Å²) in [7, 11) is 0. The van der Waals surface area contributed by atoms with E-state index < -0.39 is 17.3 Å². The Bertz CT molecular complexity index is 1450. The molecule has 0 unspecified atom stereocenters. The molecule has 0 aliphatic heterocycles. The van der Waals surface area contributed by atoms with Gasteiger partial charge < -0.3 is 15.4 Å². The van der Waals surface area contributed by atoms with E-state index in [0.29, 0.717) is 39.0 Å². The van der Waals surface area contributed by atoms with Crippen LogP contribution in [0.25, 0.3) is 27.7 Å². The molecule has 8 heteroatoms. The zero-order valence-corrected chi connectivity index (χ0v) is 18.9. The van der Waals surface area contributed by atoms with Gasteiger partial charge in [0.05, 0.1) is 28.3 Å². The number of rotatable bonds is 6. The number of carboxylic acids is 1. The molecule has 4 aromatic rings. The Kier molecular flexibility index (Phi) is 5.98. The van der Waals surface area contributed by atoms with E-state index in [2.05, 4.69) is 9.97 Å². The number of pyridine rings is 2. The third kappa shape index (κ3) is 4.05. The maximum atomic E-state index is 14.0. The molecular weight excluding hydrogens is 435 g/mol. The number of carbonyl (C=O) groups excluding carboxylic acids is 1. The third-order valence-corrected chi connectivity index (χ3v) is 5.74. The maximum absolute atomic E-state index is 14.0. The standard InChI is InChI=1S/C26H23FN4O3/c1-14(28)24(16(3)32)18-11-23-25(30-12-18)20(17-7-8-21(27)19(10-17)26(33)34)13-31(23)15(2)22-6-4-5-9-29-22/h4-13,15H,28H2,1-3H3,(H,33,34)/b24-14+/t15-/m0/s1. The number of carboxylic acid groups (broad SMARTS) is 1. The van der Waals surface area contributed by atoms with Crippen LogP contribution in [-0.2, 0) is 4.79 Å². The van der Waals surface area contributed by atoms with Crippen LogP contribution in [0, 0.1) is 5.82 Å². The van der Waals surface area contributed by atoms with Crippen molar-refractivity contribution in [2.45, 2.75) is 26.8 Å². The lowest BCUT2D eigenvalue weighted by Crippen LogP contribution is -2.08. The van der Waals surface area contributed by atoms with Crippen molar-refractivity contribution in [1.29, 1.82) is 0 Å². The van der Waals surface area contributed by atoms with E-state index in [1.807, 2.05) is 42.0 Å². The lowest BCUT2D eigenvalue weighted by molar-refractivity contribution is -0.111. The Balaban J connectivity index is 2.00. The molecule has 7 nitrogen and oxygen atoms in total. The monoisotopic (exact) mass is 458 g/mol. The number of aromatic carboxylic acids is 1. The highest BCUT2D eigenvalue weighted by molar-refractivity contribution is 6.20. The van der Waals surface area contributed by atoms with E-state index in [0.717, 1.165) is 11.8 Å². The summed E-state index contributed by atoms with van der Waals surface area (Å²) in [5.41, 5.74) is 10.1. The molecule has 1 atom stereocenters. The van der Waals surface area contributed by atoms with Gasteiger partial charge in [0.1, 0.15) is 5.82 Å². The number of allylic oxidation sites excluding steroid dienone is 2. The first kappa shape index (κ1) is 22.8. The number of carbonyl (C=O) groups is 2. The van der Waals surface area contributed by atoms with Gasteiger partial charge in [-0.2, -0.15) is 0 Å². The molecule has 172 valence electrons. The minimum Gasteiger partial charge on any atom is -0.478 e. The number of halogens is 1. The van der Waals surface area contributed by atoms with Crippen molar-refractivity contribution in [2.75, 3.05) is 0 Å². The van der Waals surface area contributed by atoms with Crippen LogP contribution in [0.3, 0.4) is 0 Å². The van der Waals surface area contributed by atoms with Crippen molar-refractivity contribution in [1.82, 2.24) is 14.5 Å². The van der Waals surface area contributed by atoms with Crippen LogP contribution < -0.4 is 5.73 Å². The van der Waals surface area contributed by atoms with Crippen molar-refractivity contribution in [2.24, 2.45) is 5.73 Å². The quantitative estimate of drug-likeness (QED) is 0.401. The minimum absolute atomic E-state index is 0.179. The van der Waals surface area contributed by atoms with Crippen molar-refractivity contribution < 1.29 is 19.1 Å². The molecule has 0 aliphatic rings. The summed E-state index contributed by atoms with van der Waals surface area (Å²) < 4.78 is 16.0. The van der Waals surface area contributed by atoms with Crippen LogP contribution >= 0.6 is 0 Å². The molecule has 34 heavy (non-hydrogen) atoms. The van der Waals surface area contributed by atoms with Crippen molar-refractivity contribution >= 4 is 28.4 Å². The molecule has 3 N–H and O–H groups in total. The first-order valence-electron chi connectivity index (χ1n) is 10.6. The summed E-state index contributed by atoms with van der Waals surface area (Å²) in [6.07, 6.45) is 5.11. The van der Waals surface area contributed by atoms with Crippen LogP contribution in [0.2, 0.25) is 0 Å². The van der Waals surface area contributed by atoms with E-state index >= 15 is 0 Å². The van der Waals surface area contributed by atoms with E-state index in [1.165, 1.54) is 19.1 Å². The number of hydrogen-bond acceptors (Lipinski definition) is 5. The second-order valence-corrected chi connectivity index (χ2v) is 8.09. The maximum Gasteiger partial charge on any atom is 0.338 e. The van der Waals surface area contributed by atoms with Gasteiger partial charge in [-0.05, 0) is 56.7 Å². The Morgan fingerprint density at radius 2 is 1.88 bits per heavy atom. The zero-order valence-electron chi connectivity index (χ0n) is 18.9. The fraction of sp³-hybridized carbons (Fsp3) is 0.154. The van der Waals surface area contributed by atoms with E-state index in [4.69, 9.17) is 5.73 Å². The van der Waals surface area contributed by atoms with Crippen molar-refractivity contribution in [3.63, 3.8) is 0 Å². The summed E-state index contributed by atoms with van der Waals surface area (Å²) in [6.45, 7) is 5.08. The van der Waals surface area contributed by atoms with Gasteiger partial charge in [-0.1, -0.05) is 12.1 Å². The number of aromatic nitrogens is 3. The van der Waals surface area contributed by atoms with Crippen LogP contribution in [0.5, 0.6) is 0 Å². The molecule has 0 radical (unpaired) electrons. The van der Waals surface area contributed by atoms with Crippen LogP contribution in [0.15, 0.2) is 66.8 Å². The van der Waals surface area contributed by atoms with Crippen LogP contribution in [0.1, 0.15) is 48.4 Å². The lowest BCUT2D eigenvalue weighted by atomic mass is 10.0. The molecule has 1 aromatic carbocycles. The Morgan fingerprint density at radius 3 is 2.50 bits per heavy atom. The second-order valence-electron chi connectivity index (χ2n) is 8.09. The smallest absolute Gasteiger partial charge is 0.338 e. The Hall–Kier alpha value is -4.33. The molecule has 3 heterocycles. The number of Topliss-reactive ketones (excluding diaryl/α,β-unsaturated/α-hetero) is 1. The van der Waals surface area contributed by atoms with Gasteiger partial charge in [0, 0.05) is 41.0 Å². The van der Waals surface area contributed by atoms with Gasteiger partial charge in [0.25, 0.3) is 0 Å². The van der Waals surface area contributed by atoms with Crippen molar-refractivity contribution in [3.8, 4) is 11.1 Å². The molecule has 0 spiro atoms. The van der Waals surface area contributed by atoms with Crippen LogP contribution in [0.4, 0.5) is 4.39 Å². The molecule has 0 fully saturated rings. The van der Waals surface area contributed by atoms with Gasteiger partial charge >= 0.3 is 5.97 Å². The van der Waals surface area contributed by atoms with Gasteiger partial charge in [0.2, 0.25) is 0 Å². The van der Waals surface area contributed by atoms with Gasteiger partial charge in [-0.3, -0.25) is 14.8 Å². The molecule has 3 aromatic heterocycles. The van der Waals surface area contributed by atoms with E-state index in [1.54, 1.807) is 19.3 Å². The number of ketones is 1. The summed E-state index contributed by atoms with van der Waals surface area (Å²) in [6, 6.07) is 11.2. The van der Waals surface area contributed by atoms with E-state index in [9.17, 15) is 19.1 Å². The van der Waals surface area contributed by atoms with Crippen LogP contribution in [-0.4, -0.2) is 31.4 Å². The predicted molar refractivity (Wildman–Crippen MR) is 128 cm³/mol. The molecule has 0 amide bonds. The lowest BCUT2D eigenvalue weighted by Gasteiger charge is -2.15. The average Bonchev–Trinajstić information content (AvgIpc) is 3.17. The molecule has 0 saturated heterocycles. The van der Waals surface area contributed by atoms with Gasteiger partial charge in [-0.15, -0.1) is 0 Å². The highest BCUT2D eigenvalue weighted by atomic mass is 19.1. The number of nitrogens with two attached hydrogens (primary N) is 1. The Labute approximate surface area is 195 Å². The summed E-state index contributed by atoms with van der Waals surface area (Å²) in [5, 5.41) is 9.38. The topological polar surface area (TPSA) is 111 Å². The number of hydrogen-bond donors (Lipinski definition) is 2. The molecule has 4 rings (SSSR count). The molecular formula is C26H23FN4O3. The van der Waals surface area contributed by atoms with Gasteiger partial charge in [0.15, 0.2) is 5.78 Å². The first-order valence-corrected chi connectivity index (χ1v) is 10.6. The summed E-state index contributed by atoms with van der Waals surface area (Å²) in [4.78, 5) is 32.8. The predicted octanol–water partition coefficient (Wildman–Crippen LogP) is 4.82. The summed E-state index contributed by atoms with van der Waals surface area (Å²) >= 11 is 0. The van der Waals surface area contributed by atoms with E-state index in [-0.39, 0.29) is 11.8 Å². The zero-order chi connectivity index (χ0) is 24.6. The average molecular weight is 458 g/mol.